The molecule has 3 aliphatic rings. The minimum Gasteiger partial charge on any atom is -0.359 e. The van der Waals surface area contributed by atoms with Crippen molar-refractivity contribution in [3.63, 3.8) is 0 Å². The molecule has 2 saturated heterocycles. The average Bonchev–Trinajstić information content (AvgIpc) is 3.30. The van der Waals surface area contributed by atoms with Crippen molar-refractivity contribution in [2.45, 2.75) is 32.9 Å². The van der Waals surface area contributed by atoms with Gasteiger partial charge in [0, 0.05) is 17.0 Å². The molecule has 5 heteroatoms. The summed E-state index contributed by atoms with van der Waals surface area (Å²) in [5.41, 5.74) is 1.96. The highest BCUT2D eigenvalue weighted by atomic mass is 16.2. The van der Waals surface area contributed by atoms with Gasteiger partial charge in [-0.25, -0.2) is 4.90 Å². The Kier molecular flexibility index (Phi) is 4.37. The van der Waals surface area contributed by atoms with Crippen molar-refractivity contribution in [1.82, 2.24) is 4.90 Å². The fourth-order valence-corrected chi connectivity index (χ4v) is 5.94. The number of Topliss-reactive ketones (excluding diaryl/α,β-unsaturated/α-hetero) is 1. The summed E-state index contributed by atoms with van der Waals surface area (Å²) in [6, 6.07) is 20.3. The number of amides is 2. The van der Waals surface area contributed by atoms with Crippen LogP contribution in [0.3, 0.4) is 0 Å². The van der Waals surface area contributed by atoms with Gasteiger partial charge < -0.3 is 4.90 Å². The summed E-state index contributed by atoms with van der Waals surface area (Å²) in [5.74, 6) is -1.87. The van der Waals surface area contributed by atoms with Crippen LogP contribution in [-0.2, 0) is 14.4 Å². The first kappa shape index (κ1) is 20.8. The molecule has 3 heterocycles. The van der Waals surface area contributed by atoms with Crippen molar-refractivity contribution in [3.05, 3.63) is 84.1 Å². The number of nitrogens with zero attached hydrogens (tertiary/aromatic N) is 2. The second-order valence-corrected chi connectivity index (χ2v) is 10.5. The quantitative estimate of drug-likeness (QED) is 0.517. The molecule has 2 amide bonds. The number of carbonyl (C=O) groups excluding carboxylic acids is 3. The zero-order valence-corrected chi connectivity index (χ0v) is 19.4. The van der Waals surface area contributed by atoms with E-state index in [1.807, 2.05) is 105 Å². The van der Waals surface area contributed by atoms with Gasteiger partial charge in [-0.3, -0.25) is 14.4 Å². The summed E-state index contributed by atoms with van der Waals surface area (Å²) in [6.45, 7) is 5.63. The van der Waals surface area contributed by atoms with E-state index in [2.05, 4.69) is 0 Å². The standard InChI is InChI=1S/C29H26N2O3/c1-29(2,3)26(32)25-23-22(24-20-13-7-5-10-18(20)15-16-30(24)25)27(33)31(28(23)34)21-14-8-11-17-9-4-6-12-19(17)21/h4-16,22-25H,1-3H3/t22-,23+,24-,25-/m0/s1. The van der Waals surface area contributed by atoms with Gasteiger partial charge in [0.25, 0.3) is 0 Å². The van der Waals surface area contributed by atoms with Gasteiger partial charge in [0.2, 0.25) is 11.8 Å². The molecule has 5 nitrogen and oxygen atoms in total. The van der Waals surface area contributed by atoms with E-state index in [1.165, 1.54) is 4.90 Å². The number of carbonyl (C=O) groups is 3. The van der Waals surface area contributed by atoms with E-state index in [9.17, 15) is 14.4 Å². The summed E-state index contributed by atoms with van der Waals surface area (Å²) in [4.78, 5) is 45.2. The molecule has 0 unspecified atom stereocenters. The number of hydrogen-bond donors (Lipinski definition) is 0. The van der Waals surface area contributed by atoms with Gasteiger partial charge >= 0.3 is 0 Å². The Hall–Kier alpha value is -3.73. The number of anilines is 1. The van der Waals surface area contributed by atoms with Crippen molar-refractivity contribution >= 4 is 40.1 Å². The molecule has 0 bridgehead atoms. The lowest BCUT2D eigenvalue weighted by atomic mass is 9.79. The maximum Gasteiger partial charge on any atom is 0.240 e. The van der Waals surface area contributed by atoms with E-state index in [0.717, 1.165) is 21.9 Å². The number of fused-ring (bicyclic) bond motifs is 6. The minimum atomic E-state index is -0.723. The highest BCUT2D eigenvalue weighted by Gasteiger charge is 2.65. The van der Waals surface area contributed by atoms with Gasteiger partial charge in [0.05, 0.1) is 23.6 Å². The lowest BCUT2D eigenvalue weighted by molar-refractivity contribution is -0.135. The van der Waals surface area contributed by atoms with Crippen molar-refractivity contribution in [2.75, 3.05) is 4.90 Å². The van der Waals surface area contributed by atoms with Crippen LogP contribution in [0.5, 0.6) is 0 Å². The van der Waals surface area contributed by atoms with Gasteiger partial charge in [-0.15, -0.1) is 0 Å². The van der Waals surface area contributed by atoms with Crippen LogP contribution < -0.4 is 4.90 Å². The number of imide groups is 1. The van der Waals surface area contributed by atoms with E-state index in [0.29, 0.717) is 5.69 Å². The van der Waals surface area contributed by atoms with Crippen molar-refractivity contribution in [1.29, 1.82) is 0 Å². The van der Waals surface area contributed by atoms with Gasteiger partial charge in [0.15, 0.2) is 5.78 Å². The molecule has 4 atom stereocenters. The fourth-order valence-electron chi connectivity index (χ4n) is 5.94. The SMILES string of the molecule is CC(C)(C)C(=O)[C@@H]1[C@@H]2C(=O)N(c3cccc4ccccc34)C(=O)[C@@H]2[C@@H]2c3ccccc3C=CN12. The Balaban J connectivity index is 1.54. The molecule has 3 aromatic carbocycles. The van der Waals surface area contributed by atoms with E-state index in [4.69, 9.17) is 0 Å². The second-order valence-electron chi connectivity index (χ2n) is 10.5. The summed E-state index contributed by atoms with van der Waals surface area (Å²) >= 11 is 0. The van der Waals surface area contributed by atoms with Gasteiger partial charge in [-0.2, -0.15) is 0 Å². The number of rotatable bonds is 2. The maximum absolute atomic E-state index is 14.1. The molecule has 3 aliphatic heterocycles. The summed E-state index contributed by atoms with van der Waals surface area (Å²) in [7, 11) is 0. The van der Waals surface area contributed by atoms with Crippen LogP contribution in [0.1, 0.15) is 37.9 Å². The smallest absolute Gasteiger partial charge is 0.240 e. The third kappa shape index (κ3) is 2.76. The Morgan fingerprint density at radius 1 is 0.824 bits per heavy atom. The average molecular weight is 451 g/mol. The maximum atomic E-state index is 14.1. The summed E-state index contributed by atoms with van der Waals surface area (Å²) < 4.78 is 0. The second kappa shape index (κ2) is 7.13. The highest BCUT2D eigenvalue weighted by Crippen LogP contribution is 2.54. The third-order valence-electron chi connectivity index (χ3n) is 7.48. The first-order valence-electron chi connectivity index (χ1n) is 11.7. The van der Waals surface area contributed by atoms with E-state index >= 15 is 0 Å². The lowest BCUT2D eigenvalue weighted by Crippen LogP contribution is -2.47. The molecule has 170 valence electrons. The molecular weight excluding hydrogens is 424 g/mol. The zero-order chi connectivity index (χ0) is 23.8. The normalized spacial score (nSPS) is 25.5. The Morgan fingerprint density at radius 2 is 1.50 bits per heavy atom. The predicted molar refractivity (Wildman–Crippen MR) is 132 cm³/mol. The van der Waals surface area contributed by atoms with Crippen molar-refractivity contribution < 1.29 is 14.4 Å². The minimum absolute atomic E-state index is 0.0186. The Morgan fingerprint density at radius 3 is 2.29 bits per heavy atom. The first-order chi connectivity index (χ1) is 16.3. The van der Waals surface area contributed by atoms with E-state index in [-0.39, 0.29) is 23.6 Å². The molecule has 0 radical (unpaired) electrons. The van der Waals surface area contributed by atoms with Gasteiger partial charge in [0.1, 0.15) is 6.04 Å². The lowest BCUT2D eigenvalue weighted by Gasteiger charge is -2.37. The molecule has 34 heavy (non-hydrogen) atoms. The van der Waals surface area contributed by atoms with Gasteiger partial charge in [-0.1, -0.05) is 81.4 Å². The molecular formula is C29H26N2O3. The van der Waals surface area contributed by atoms with Crippen LogP contribution >= 0.6 is 0 Å². The van der Waals surface area contributed by atoms with E-state index < -0.39 is 23.3 Å². The monoisotopic (exact) mass is 450 g/mol. The van der Waals surface area contributed by atoms with Crippen molar-refractivity contribution in [3.8, 4) is 0 Å². The number of hydrogen-bond acceptors (Lipinski definition) is 4. The molecule has 0 aliphatic carbocycles. The molecule has 6 rings (SSSR count). The van der Waals surface area contributed by atoms with Crippen LogP contribution in [-0.4, -0.2) is 28.5 Å². The van der Waals surface area contributed by atoms with Gasteiger partial charge in [-0.05, 0) is 28.7 Å². The zero-order valence-electron chi connectivity index (χ0n) is 19.4. The van der Waals surface area contributed by atoms with E-state index in [1.54, 1.807) is 0 Å². The molecule has 0 N–H and O–H groups in total. The predicted octanol–water partition coefficient (Wildman–Crippen LogP) is 4.97. The van der Waals surface area contributed by atoms with Crippen molar-refractivity contribution in [2.24, 2.45) is 17.3 Å². The molecule has 0 saturated carbocycles. The largest absolute Gasteiger partial charge is 0.359 e. The van der Waals surface area contributed by atoms with Crippen LogP contribution in [0.15, 0.2) is 72.9 Å². The third-order valence-corrected chi connectivity index (χ3v) is 7.48. The molecule has 2 fully saturated rings. The highest BCUT2D eigenvalue weighted by molar-refractivity contribution is 6.26. The van der Waals surface area contributed by atoms with Crippen LogP contribution in [0.25, 0.3) is 16.8 Å². The summed E-state index contributed by atoms with van der Waals surface area (Å²) in [6.07, 6.45) is 3.88. The fraction of sp³-hybridized carbons (Fsp3) is 0.276. The van der Waals surface area contributed by atoms with Crippen LogP contribution in [0, 0.1) is 17.3 Å². The van der Waals surface area contributed by atoms with Crippen LogP contribution in [0.4, 0.5) is 5.69 Å². The molecule has 0 spiro atoms. The van der Waals surface area contributed by atoms with Crippen LogP contribution in [0.2, 0.25) is 0 Å². The Bertz CT molecular complexity index is 1390. The molecule has 3 aromatic rings. The summed E-state index contributed by atoms with van der Waals surface area (Å²) in [5, 5.41) is 1.82. The first-order valence-corrected chi connectivity index (χ1v) is 11.7. The number of ketones is 1. The Labute approximate surface area is 198 Å². The number of benzene rings is 3. The topological polar surface area (TPSA) is 57.7 Å². The molecule has 0 aromatic heterocycles.